The van der Waals surface area contributed by atoms with Gasteiger partial charge in [-0.3, -0.25) is 0 Å². The number of aryl methyl sites for hydroxylation is 1. The summed E-state index contributed by atoms with van der Waals surface area (Å²) in [6.45, 7) is 13.6. The Labute approximate surface area is 170 Å². The van der Waals surface area contributed by atoms with Gasteiger partial charge in [0.15, 0.2) is 0 Å². The highest BCUT2D eigenvalue weighted by Gasteiger charge is 2.54. The van der Waals surface area contributed by atoms with Crippen molar-refractivity contribution in [2.24, 2.45) is 22.5 Å². The molecule has 3 N–H and O–H groups in total. The Bertz CT molecular complexity index is 846. The minimum absolute atomic E-state index is 0.110. The topological polar surface area (TPSA) is 46.2 Å². The van der Waals surface area contributed by atoms with Crippen molar-refractivity contribution >= 4 is 5.57 Å². The fourth-order valence-electron chi connectivity index (χ4n) is 6.67. The van der Waals surface area contributed by atoms with Crippen LogP contribution in [0.5, 0.6) is 5.75 Å². The molecule has 3 aliphatic carbocycles. The van der Waals surface area contributed by atoms with E-state index in [2.05, 4.69) is 40.3 Å². The normalized spacial score (nSPS) is 33.8. The minimum atomic E-state index is 0.110. The predicted molar refractivity (Wildman–Crippen MR) is 118 cm³/mol. The van der Waals surface area contributed by atoms with Gasteiger partial charge in [-0.1, -0.05) is 32.1 Å². The lowest BCUT2D eigenvalue weighted by molar-refractivity contribution is -0.0382. The van der Waals surface area contributed by atoms with Crippen LogP contribution in [-0.2, 0) is 19.3 Å². The molecule has 1 fully saturated rings. The standard InChI is InChI=1S/C26H37NO/c1-16(2)7-6-11-26(5)22-14-19-20(15-25(22,4)12-10-23(26)27)24-17(3)8-9-18(24)13-21(19)28/h7,13,22-23,28H,3,6,8-12,14-15,27H2,1-2,4-5H3. The summed E-state index contributed by atoms with van der Waals surface area (Å²) in [5, 5.41) is 10.9. The molecular weight excluding hydrogens is 342 g/mol. The number of benzene rings is 1. The fourth-order valence-corrected chi connectivity index (χ4v) is 6.67. The molecule has 0 aromatic heterocycles. The Morgan fingerprint density at radius 3 is 2.75 bits per heavy atom. The average molecular weight is 380 g/mol. The molecule has 28 heavy (non-hydrogen) atoms. The zero-order chi connectivity index (χ0) is 20.3. The molecule has 0 bridgehead atoms. The minimum Gasteiger partial charge on any atom is -0.508 e. The number of hydrogen-bond donors (Lipinski definition) is 2. The first kappa shape index (κ1) is 19.8. The van der Waals surface area contributed by atoms with Gasteiger partial charge in [0.2, 0.25) is 0 Å². The summed E-state index contributed by atoms with van der Waals surface area (Å²) in [5.41, 5.74) is 15.1. The Morgan fingerprint density at radius 2 is 2.04 bits per heavy atom. The smallest absolute Gasteiger partial charge is 0.119 e. The van der Waals surface area contributed by atoms with E-state index in [0.29, 0.717) is 11.7 Å². The van der Waals surface area contributed by atoms with E-state index < -0.39 is 0 Å². The van der Waals surface area contributed by atoms with Crippen molar-refractivity contribution < 1.29 is 5.11 Å². The Morgan fingerprint density at radius 1 is 1.29 bits per heavy atom. The quantitative estimate of drug-likeness (QED) is 0.638. The van der Waals surface area contributed by atoms with E-state index in [1.54, 1.807) is 0 Å². The molecule has 3 aliphatic rings. The highest BCUT2D eigenvalue weighted by molar-refractivity contribution is 5.76. The van der Waals surface area contributed by atoms with E-state index >= 15 is 0 Å². The van der Waals surface area contributed by atoms with Gasteiger partial charge in [0.05, 0.1) is 0 Å². The number of allylic oxidation sites excluding steroid dienone is 3. The molecule has 4 unspecified atom stereocenters. The maximum atomic E-state index is 10.9. The lowest BCUT2D eigenvalue weighted by atomic mass is 9.48. The van der Waals surface area contributed by atoms with E-state index in [4.69, 9.17) is 5.73 Å². The molecular formula is C26H37NO. The van der Waals surface area contributed by atoms with Gasteiger partial charge in [-0.15, -0.1) is 0 Å². The van der Waals surface area contributed by atoms with Crippen molar-refractivity contribution in [1.82, 2.24) is 0 Å². The summed E-state index contributed by atoms with van der Waals surface area (Å²) in [4.78, 5) is 0. The molecule has 0 radical (unpaired) electrons. The van der Waals surface area contributed by atoms with Gasteiger partial charge in [0.25, 0.3) is 0 Å². The molecule has 1 saturated carbocycles. The van der Waals surface area contributed by atoms with Crippen molar-refractivity contribution in [3.8, 4) is 5.75 Å². The number of hydrogen-bond acceptors (Lipinski definition) is 2. The van der Waals surface area contributed by atoms with Gasteiger partial charge >= 0.3 is 0 Å². The van der Waals surface area contributed by atoms with Gasteiger partial charge in [-0.05, 0) is 116 Å². The van der Waals surface area contributed by atoms with E-state index in [1.165, 1.54) is 39.8 Å². The Hall–Kier alpha value is -1.54. The van der Waals surface area contributed by atoms with Crippen LogP contribution in [0.1, 0.15) is 82.1 Å². The molecule has 0 heterocycles. The SMILES string of the molecule is C=C1CCc2cc(O)c3c(c21)CC1(C)CCC(N)C(C)(CCC=C(C)C)C1C3. The first-order valence-corrected chi connectivity index (χ1v) is 11.1. The highest BCUT2D eigenvalue weighted by Crippen LogP contribution is 2.59. The monoisotopic (exact) mass is 379 g/mol. The van der Waals surface area contributed by atoms with Gasteiger partial charge in [0, 0.05) is 6.04 Å². The van der Waals surface area contributed by atoms with Gasteiger partial charge < -0.3 is 10.8 Å². The maximum absolute atomic E-state index is 10.9. The Balaban J connectivity index is 1.76. The van der Waals surface area contributed by atoms with E-state index in [9.17, 15) is 5.11 Å². The third-order valence-corrected chi connectivity index (χ3v) is 8.39. The van der Waals surface area contributed by atoms with Crippen LogP contribution in [0.25, 0.3) is 5.57 Å². The lowest BCUT2D eigenvalue weighted by Crippen LogP contribution is -2.57. The zero-order valence-corrected chi connectivity index (χ0v) is 18.2. The van der Waals surface area contributed by atoms with E-state index in [0.717, 1.165) is 44.9 Å². The summed E-state index contributed by atoms with van der Waals surface area (Å²) in [7, 11) is 0. The van der Waals surface area contributed by atoms with Crippen molar-refractivity contribution in [3.05, 3.63) is 46.5 Å². The van der Waals surface area contributed by atoms with Crippen LogP contribution < -0.4 is 5.73 Å². The third-order valence-electron chi connectivity index (χ3n) is 8.39. The molecule has 152 valence electrons. The molecule has 0 amide bonds. The third kappa shape index (κ3) is 2.96. The summed E-state index contributed by atoms with van der Waals surface area (Å²) in [6, 6.07) is 2.27. The second kappa shape index (κ2) is 6.76. The molecule has 0 aliphatic heterocycles. The first-order chi connectivity index (χ1) is 13.2. The average Bonchev–Trinajstić information content (AvgIpc) is 2.98. The van der Waals surface area contributed by atoms with Gasteiger partial charge in [0.1, 0.15) is 5.75 Å². The van der Waals surface area contributed by atoms with E-state index in [-0.39, 0.29) is 16.9 Å². The van der Waals surface area contributed by atoms with Crippen LogP contribution in [-0.4, -0.2) is 11.1 Å². The summed E-state index contributed by atoms with van der Waals surface area (Å²) in [5.74, 6) is 1.02. The van der Waals surface area contributed by atoms with Crippen LogP contribution in [0.3, 0.4) is 0 Å². The molecule has 1 aromatic rings. The van der Waals surface area contributed by atoms with Crippen LogP contribution in [0.4, 0.5) is 0 Å². The predicted octanol–water partition coefficient (Wildman–Crippen LogP) is 5.95. The number of phenolic OH excluding ortho intramolecular Hbond substituents is 1. The summed E-state index contributed by atoms with van der Waals surface area (Å²) < 4.78 is 0. The van der Waals surface area contributed by atoms with Crippen molar-refractivity contribution in [2.75, 3.05) is 0 Å². The van der Waals surface area contributed by atoms with Crippen molar-refractivity contribution in [1.29, 1.82) is 0 Å². The molecule has 0 spiro atoms. The summed E-state index contributed by atoms with van der Waals surface area (Å²) >= 11 is 0. The van der Waals surface area contributed by atoms with Gasteiger partial charge in [-0.25, -0.2) is 0 Å². The number of nitrogens with two attached hydrogens (primary N) is 1. The molecule has 1 aromatic carbocycles. The number of phenols is 1. The maximum Gasteiger partial charge on any atom is 0.119 e. The first-order valence-electron chi connectivity index (χ1n) is 11.1. The van der Waals surface area contributed by atoms with Gasteiger partial charge in [-0.2, -0.15) is 0 Å². The van der Waals surface area contributed by atoms with Crippen molar-refractivity contribution in [3.63, 3.8) is 0 Å². The van der Waals surface area contributed by atoms with Crippen LogP contribution >= 0.6 is 0 Å². The molecule has 2 nitrogen and oxygen atoms in total. The Kier molecular flexibility index (Phi) is 4.77. The second-order valence-corrected chi connectivity index (χ2v) is 10.5. The molecule has 4 atom stereocenters. The highest BCUT2D eigenvalue weighted by atomic mass is 16.3. The van der Waals surface area contributed by atoms with Crippen LogP contribution in [0.15, 0.2) is 24.3 Å². The van der Waals surface area contributed by atoms with Crippen LogP contribution in [0.2, 0.25) is 0 Å². The number of fused-ring (bicyclic) bond motifs is 4. The number of aromatic hydroxyl groups is 1. The molecule has 0 saturated heterocycles. The molecule has 4 rings (SSSR count). The lowest BCUT2D eigenvalue weighted by Gasteiger charge is -2.58. The zero-order valence-electron chi connectivity index (χ0n) is 18.2. The van der Waals surface area contributed by atoms with Crippen molar-refractivity contribution in [2.45, 2.75) is 85.1 Å². The largest absolute Gasteiger partial charge is 0.508 e. The molecule has 2 heteroatoms. The number of rotatable bonds is 3. The van der Waals surface area contributed by atoms with Crippen LogP contribution in [0, 0.1) is 16.7 Å². The van der Waals surface area contributed by atoms with E-state index in [1.807, 2.05) is 6.07 Å². The fraction of sp³-hybridized carbons (Fsp3) is 0.615. The second-order valence-electron chi connectivity index (χ2n) is 10.5. The summed E-state index contributed by atoms with van der Waals surface area (Å²) in [6.07, 6.45) is 11.0.